The van der Waals surface area contributed by atoms with Crippen molar-refractivity contribution in [2.75, 3.05) is 38.2 Å². The van der Waals surface area contributed by atoms with Crippen LogP contribution in [0.25, 0.3) is 10.8 Å². The highest BCUT2D eigenvalue weighted by atomic mass is 16.6. The summed E-state index contributed by atoms with van der Waals surface area (Å²) in [5.74, 6) is 0.914. The first kappa shape index (κ1) is 18.3. The van der Waals surface area contributed by atoms with E-state index in [2.05, 4.69) is 35.2 Å². The van der Waals surface area contributed by atoms with Gasteiger partial charge in [-0.3, -0.25) is 10.1 Å². The number of hydrogen-bond acceptors (Lipinski definition) is 4. The number of piperazine rings is 1. The van der Waals surface area contributed by atoms with E-state index in [0.29, 0.717) is 0 Å². The first-order chi connectivity index (χ1) is 13.7. The normalized spacial score (nSPS) is 15.0. The second-order valence-corrected chi connectivity index (χ2v) is 7.16. The summed E-state index contributed by atoms with van der Waals surface area (Å²) < 4.78 is 5.50. The summed E-state index contributed by atoms with van der Waals surface area (Å²) in [6.45, 7) is 4.95. The summed E-state index contributed by atoms with van der Waals surface area (Å²) in [5, 5.41) is 13.2. The number of hydrogen-bond donors (Lipinski definition) is 1. The Morgan fingerprint density at radius 2 is 1.68 bits per heavy atom. The van der Waals surface area contributed by atoms with Crippen LogP contribution in [0.5, 0.6) is 5.75 Å². The molecular weight excluding hydrogens is 354 g/mol. The molecule has 0 spiro atoms. The Kier molecular flexibility index (Phi) is 5.12. The Morgan fingerprint density at radius 1 is 1.00 bits per heavy atom. The fraction of sp³-hybridized carbons (Fsp3) is 0.273. The maximum atomic E-state index is 10.8. The van der Waals surface area contributed by atoms with Gasteiger partial charge in [-0.15, -0.1) is 0 Å². The minimum atomic E-state index is -0.356. The lowest BCUT2D eigenvalue weighted by atomic mass is 10.0. The minimum Gasteiger partial charge on any atom is -0.496 e. The second-order valence-electron chi connectivity index (χ2n) is 7.16. The van der Waals surface area contributed by atoms with Crippen molar-refractivity contribution in [3.63, 3.8) is 0 Å². The molecule has 1 aliphatic rings. The maximum absolute atomic E-state index is 10.8. The van der Waals surface area contributed by atoms with Gasteiger partial charge in [0, 0.05) is 28.8 Å². The molecule has 0 saturated carbocycles. The van der Waals surface area contributed by atoms with Crippen LogP contribution in [-0.4, -0.2) is 38.2 Å². The van der Waals surface area contributed by atoms with Crippen LogP contribution in [0.2, 0.25) is 0 Å². The SMILES string of the molecule is COc1ccc(C[NH+]2CCN(c3ccc([N+](=O)[O-])cc3)CC2)c2ccccc12. The summed E-state index contributed by atoms with van der Waals surface area (Å²) in [7, 11) is 1.71. The highest BCUT2D eigenvalue weighted by Crippen LogP contribution is 2.28. The lowest BCUT2D eigenvalue weighted by Crippen LogP contribution is -3.13. The molecule has 28 heavy (non-hydrogen) atoms. The summed E-state index contributed by atoms with van der Waals surface area (Å²) in [5.41, 5.74) is 2.54. The molecule has 6 heteroatoms. The van der Waals surface area contributed by atoms with Gasteiger partial charge in [-0.05, 0) is 29.7 Å². The Labute approximate surface area is 164 Å². The van der Waals surface area contributed by atoms with Crippen LogP contribution >= 0.6 is 0 Å². The van der Waals surface area contributed by atoms with Crippen LogP contribution < -0.4 is 14.5 Å². The molecule has 0 aromatic heterocycles. The topological polar surface area (TPSA) is 60.0 Å². The van der Waals surface area contributed by atoms with Crippen molar-refractivity contribution in [3.05, 3.63) is 76.3 Å². The number of quaternary nitrogens is 1. The number of non-ortho nitro benzene ring substituents is 1. The number of benzene rings is 3. The number of nitro groups is 1. The third-order valence-corrected chi connectivity index (χ3v) is 5.53. The van der Waals surface area contributed by atoms with Crippen LogP contribution in [0.4, 0.5) is 11.4 Å². The van der Waals surface area contributed by atoms with Crippen molar-refractivity contribution in [3.8, 4) is 5.75 Å². The molecule has 144 valence electrons. The quantitative estimate of drug-likeness (QED) is 0.548. The monoisotopic (exact) mass is 378 g/mol. The van der Waals surface area contributed by atoms with Crippen LogP contribution in [0, 0.1) is 10.1 Å². The Bertz CT molecular complexity index is 980. The predicted octanol–water partition coefficient (Wildman–Crippen LogP) is 2.66. The lowest BCUT2D eigenvalue weighted by molar-refractivity contribution is -0.914. The first-order valence-electron chi connectivity index (χ1n) is 9.53. The standard InChI is InChI=1S/C22H23N3O3/c1-28-22-11-6-17(20-4-2-3-5-21(20)22)16-23-12-14-24(15-13-23)18-7-9-19(10-8-18)25(26)27/h2-11H,12-16H2,1H3/p+1. The highest BCUT2D eigenvalue weighted by Gasteiger charge is 2.21. The number of nitro benzene ring substituents is 1. The van der Waals surface area contributed by atoms with Crippen molar-refractivity contribution in [1.29, 1.82) is 0 Å². The molecule has 3 aromatic rings. The predicted molar refractivity (Wildman–Crippen MR) is 110 cm³/mol. The van der Waals surface area contributed by atoms with Gasteiger partial charge in [0.25, 0.3) is 5.69 Å². The van der Waals surface area contributed by atoms with Gasteiger partial charge in [-0.25, -0.2) is 0 Å². The molecule has 1 saturated heterocycles. The van der Waals surface area contributed by atoms with E-state index >= 15 is 0 Å². The van der Waals surface area contributed by atoms with E-state index in [-0.39, 0.29) is 10.6 Å². The van der Waals surface area contributed by atoms with Gasteiger partial charge in [0.05, 0.1) is 38.2 Å². The Hall–Kier alpha value is -3.12. The molecule has 6 nitrogen and oxygen atoms in total. The molecule has 1 aliphatic heterocycles. The van der Waals surface area contributed by atoms with Gasteiger partial charge in [0.1, 0.15) is 12.3 Å². The molecule has 4 rings (SSSR count). The molecule has 3 aromatic carbocycles. The summed E-state index contributed by atoms with van der Waals surface area (Å²) in [6, 6.07) is 19.5. The van der Waals surface area contributed by atoms with E-state index < -0.39 is 0 Å². The van der Waals surface area contributed by atoms with E-state index in [0.717, 1.165) is 49.5 Å². The number of anilines is 1. The summed E-state index contributed by atoms with van der Waals surface area (Å²) in [6.07, 6.45) is 0. The zero-order valence-electron chi connectivity index (χ0n) is 15.9. The van der Waals surface area contributed by atoms with Crippen LogP contribution in [0.1, 0.15) is 5.56 Å². The molecule has 0 bridgehead atoms. The van der Waals surface area contributed by atoms with Crippen molar-refractivity contribution in [2.24, 2.45) is 0 Å². The van der Waals surface area contributed by atoms with Gasteiger partial charge < -0.3 is 14.5 Å². The third kappa shape index (κ3) is 3.64. The lowest BCUT2D eigenvalue weighted by Gasteiger charge is -2.33. The Morgan fingerprint density at radius 3 is 2.32 bits per heavy atom. The number of methoxy groups -OCH3 is 1. The van der Waals surface area contributed by atoms with E-state index in [1.54, 1.807) is 24.1 Å². The highest BCUT2D eigenvalue weighted by molar-refractivity contribution is 5.90. The third-order valence-electron chi connectivity index (χ3n) is 5.53. The summed E-state index contributed by atoms with van der Waals surface area (Å²) >= 11 is 0. The van der Waals surface area contributed by atoms with Crippen LogP contribution in [-0.2, 0) is 6.54 Å². The molecule has 1 heterocycles. The van der Waals surface area contributed by atoms with Crippen LogP contribution in [0.3, 0.4) is 0 Å². The summed E-state index contributed by atoms with van der Waals surface area (Å²) in [4.78, 5) is 14.3. The van der Waals surface area contributed by atoms with Gasteiger partial charge in [0.15, 0.2) is 0 Å². The van der Waals surface area contributed by atoms with E-state index in [9.17, 15) is 10.1 Å². The van der Waals surface area contributed by atoms with Crippen molar-refractivity contribution < 1.29 is 14.6 Å². The molecule has 0 amide bonds. The van der Waals surface area contributed by atoms with Crippen molar-refractivity contribution in [1.82, 2.24) is 0 Å². The average molecular weight is 378 g/mol. The van der Waals surface area contributed by atoms with Gasteiger partial charge >= 0.3 is 0 Å². The van der Waals surface area contributed by atoms with Crippen molar-refractivity contribution in [2.45, 2.75) is 6.54 Å². The first-order valence-corrected chi connectivity index (χ1v) is 9.53. The minimum absolute atomic E-state index is 0.138. The fourth-order valence-electron chi connectivity index (χ4n) is 3.98. The van der Waals surface area contributed by atoms with Crippen LogP contribution in [0.15, 0.2) is 60.7 Å². The van der Waals surface area contributed by atoms with E-state index in [1.807, 2.05) is 18.2 Å². The van der Waals surface area contributed by atoms with E-state index in [4.69, 9.17) is 4.74 Å². The number of nitrogens with zero attached hydrogens (tertiary/aromatic N) is 2. The number of ether oxygens (including phenoxy) is 1. The molecule has 1 fully saturated rings. The maximum Gasteiger partial charge on any atom is 0.269 e. The largest absolute Gasteiger partial charge is 0.496 e. The zero-order chi connectivity index (χ0) is 19.5. The molecule has 0 unspecified atom stereocenters. The van der Waals surface area contributed by atoms with Gasteiger partial charge in [-0.2, -0.15) is 0 Å². The fourth-order valence-corrected chi connectivity index (χ4v) is 3.98. The number of rotatable bonds is 5. The smallest absolute Gasteiger partial charge is 0.269 e. The molecule has 1 N–H and O–H groups in total. The molecule has 0 radical (unpaired) electrons. The number of nitrogens with one attached hydrogen (secondary N) is 1. The number of fused-ring (bicyclic) bond motifs is 1. The Balaban J connectivity index is 1.44. The zero-order valence-corrected chi connectivity index (χ0v) is 15.9. The molecule has 0 atom stereocenters. The van der Waals surface area contributed by atoms with E-state index in [1.165, 1.54) is 10.9 Å². The van der Waals surface area contributed by atoms with Crippen molar-refractivity contribution >= 4 is 22.1 Å². The second kappa shape index (κ2) is 7.86. The van der Waals surface area contributed by atoms with Gasteiger partial charge in [0.2, 0.25) is 0 Å². The average Bonchev–Trinajstić information content (AvgIpc) is 2.74. The molecule has 0 aliphatic carbocycles. The molecular formula is C22H24N3O3+. The van der Waals surface area contributed by atoms with Gasteiger partial charge in [-0.1, -0.05) is 24.3 Å².